The minimum Gasteiger partial charge on any atom is -0.298 e. The molecular formula is C22H17N5OS. The highest BCUT2D eigenvalue weighted by Gasteiger charge is 2.34. The van der Waals surface area contributed by atoms with E-state index in [4.69, 9.17) is 10.1 Å². The van der Waals surface area contributed by atoms with Gasteiger partial charge in [0.2, 0.25) is 0 Å². The Labute approximate surface area is 171 Å². The summed E-state index contributed by atoms with van der Waals surface area (Å²) in [5, 5.41) is 11.5. The first-order valence-corrected chi connectivity index (χ1v) is 10.2. The molecule has 0 spiro atoms. The molecule has 0 bridgehead atoms. The highest BCUT2D eigenvalue weighted by atomic mass is 32.2. The molecule has 1 N–H and O–H groups in total. The van der Waals surface area contributed by atoms with E-state index < -0.39 is 6.17 Å². The standard InChI is InChI=1S/C22H17N5OS/c28-21-19-17-10-4-5-11-18(17)24-20(16-9-6-12-23-13-16)27(19)26-22(25-21)29-14-15-7-2-1-3-8-15/h1-13,20H,14H2,(H,25,26,28)/t20-/m1/s1. The fourth-order valence-corrected chi connectivity index (χ4v) is 4.17. The molecule has 0 saturated carbocycles. The van der Waals surface area contributed by atoms with Crippen molar-refractivity contribution in [1.82, 2.24) is 15.3 Å². The SMILES string of the molecule is O=C1NC(SCc2ccccc2)=NN2C1=c1ccccc1=N[C@H]2c1cccnc1. The van der Waals surface area contributed by atoms with Gasteiger partial charge in [0.05, 0.1) is 5.36 Å². The van der Waals surface area contributed by atoms with E-state index in [0.29, 0.717) is 16.6 Å². The van der Waals surface area contributed by atoms with Gasteiger partial charge >= 0.3 is 0 Å². The van der Waals surface area contributed by atoms with Gasteiger partial charge in [0, 0.05) is 28.9 Å². The third kappa shape index (κ3) is 3.40. The van der Waals surface area contributed by atoms with Crippen LogP contribution in [0.2, 0.25) is 0 Å². The van der Waals surface area contributed by atoms with E-state index in [-0.39, 0.29) is 5.91 Å². The number of hydrogen-bond acceptors (Lipinski definition) is 6. The van der Waals surface area contributed by atoms with Gasteiger partial charge in [0.25, 0.3) is 5.91 Å². The van der Waals surface area contributed by atoms with Crippen LogP contribution in [-0.2, 0) is 10.5 Å². The molecule has 2 aliphatic heterocycles. The molecule has 0 fully saturated rings. The van der Waals surface area contributed by atoms with Crippen molar-refractivity contribution in [2.75, 3.05) is 0 Å². The van der Waals surface area contributed by atoms with Crippen molar-refractivity contribution in [2.45, 2.75) is 11.9 Å². The number of nitrogens with one attached hydrogen (secondary N) is 1. The number of nitrogens with zero attached hydrogens (tertiary/aromatic N) is 4. The van der Waals surface area contributed by atoms with Crippen LogP contribution in [0.1, 0.15) is 17.3 Å². The van der Waals surface area contributed by atoms with E-state index in [1.165, 1.54) is 17.3 Å². The molecule has 0 unspecified atom stereocenters. The molecule has 142 valence electrons. The summed E-state index contributed by atoms with van der Waals surface area (Å²) in [4.78, 5) is 22.1. The second-order valence-electron chi connectivity index (χ2n) is 6.63. The molecule has 1 aromatic heterocycles. The lowest BCUT2D eigenvalue weighted by molar-refractivity contribution is -0.116. The summed E-state index contributed by atoms with van der Waals surface area (Å²) in [6.07, 6.45) is 3.04. The first-order chi connectivity index (χ1) is 14.3. The maximum atomic E-state index is 13.0. The van der Waals surface area contributed by atoms with Gasteiger partial charge in [-0.15, -0.1) is 5.10 Å². The van der Waals surface area contributed by atoms with Crippen molar-refractivity contribution in [2.24, 2.45) is 10.1 Å². The van der Waals surface area contributed by atoms with Gasteiger partial charge in [-0.1, -0.05) is 66.4 Å². The number of carbonyl (C=O) groups excluding carboxylic acids is 1. The van der Waals surface area contributed by atoms with Crippen LogP contribution in [0, 0.1) is 0 Å². The minimum absolute atomic E-state index is 0.174. The second kappa shape index (κ2) is 7.52. The predicted molar refractivity (Wildman–Crippen MR) is 113 cm³/mol. The number of hydrogen-bond donors (Lipinski definition) is 1. The van der Waals surface area contributed by atoms with Crippen LogP contribution in [0.25, 0.3) is 5.70 Å². The van der Waals surface area contributed by atoms with Gasteiger partial charge in [-0.25, -0.2) is 5.01 Å². The number of rotatable bonds is 3. The van der Waals surface area contributed by atoms with Crippen molar-refractivity contribution < 1.29 is 4.79 Å². The number of pyridine rings is 1. The molecule has 2 aliphatic rings. The van der Waals surface area contributed by atoms with E-state index in [1.54, 1.807) is 17.4 Å². The zero-order valence-electron chi connectivity index (χ0n) is 15.4. The summed E-state index contributed by atoms with van der Waals surface area (Å²) in [5.41, 5.74) is 2.56. The Morgan fingerprint density at radius 1 is 1.00 bits per heavy atom. The van der Waals surface area contributed by atoms with Gasteiger partial charge in [-0.05, 0) is 17.7 Å². The average Bonchev–Trinajstić information content (AvgIpc) is 2.78. The van der Waals surface area contributed by atoms with E-state index in [1.807, 2.05) is 54.6 Å². The monoisotopic (exact) mass is 399 g/mol. The molecule has 1 atom stereocenters. The molecule has 0 aliphatic carbocycles. The van der Waals surface area contributed by atoms with Crippen molar-refractivity contribution in [3.63, 3.8) is 0 Å². The number of carbonyl (C=O) groups is 1. The fourth-order valence-electron chi connectivity index (χ4n) is 3.36. The largest absolute Gasteiger partial charge is 0.298 e. The zero-order valence-corrected chi connectivity index (χ0v) is 16.2. The fraction of sp³-hybridized carbons (Fsp3) is 0.0909. The molecule has 0 radical (unpaired) electrons. The van der Waals surface area contributed by atoms with Gasteiger partial charge in [-0.3, -0.25) is 20.1 Å². The van der Waals surface area contributed by atoms with E-state index in [0.717, 1.165) is 16.1 Å². The molecule has 29 heavy (non-hydrogen) atoms. The highest BCUT2D eigenvalue weighted by molar-refractivity contribution is 8.13. The summed E-state index contributed by atoms with van der Waals surface area (Å²) in [7, 11) is 0. The minimum atomic E-state index is -0.438. The maximum Gasteiger partial charge on any atom is 0.276 e. The average molecular weight is 399 g/mol. The lowest BCUT2D eigenvalue weighted by Crippen LogP contribution is -2.50. The van der Waals surface area contributed by atoms with E-state index >= 15 is 0 Å². The molecule has 3 heterocycles. The highest BCUT2D eigenvalue weighted by Crippen LogP contribution is 2.30. The Morgan fingerprint density at radius 3 is 2.66 bits per heavy atom. The normalized spacial score (nSPS) is 17.6. The first kappa shape index (κ1) is 17.6. The molecule has 1 amide bonds. The third-order valence-electron chi connectivity index (χ3n) is 4.72. The Hall–Kier alpha value is -3.45. The van der Waals surface area contributed by atoms with Crippen LogP contribution < -0.4 is 15.9 Å². The first-order valence-electron chi connectivity index (χ1n) is 9.22. The van der Waals surface area contributed by atoms with Gasteiger partial charge in [-0.2, -0.15) is 0 Å². The van der Waals surface area contributed by atoms with Crippen LogP contribution in [-0.4, -0.2) is 21.1 Å². The zero-order chi connectivity index (χ0) is 19.6. The van der Waals surface area contributed by atoms with Crippen molar-refractivity contribution in [3.05, 3.63) is 101 Å². The Morgan fingerprint density at radius 2 is 1.83 bits per heavy atom. The lowest BCUT2D eigenvalue weighted by atomic mass is 10.1. The number of aromatic nitrogens is 1. The Kier molecular flexibility index (Phi) is 4.57. The van der Waals surface area contributed by atoms with E-state index in [9.17, 15) is 4.79 Å². The Bertz CT molecular complexity index is 1210. The molecule has 2 aromatic carbocycles. The predicted octanol–water partition coefficient (Wildman–Crippen LogP) is 2.16. The molecule has 3 aromatic rings. The van der Waals surface area contributed by atoms with Crippen LogP contribution in [0.5, 0.6) is 0 Å². The summed E-state index contributed by atoms with van der Waals surface area (Å²) in [5.74, 6) is 0.542. The molecule has 7 heteroatoms. The van der Waals surface area contributed by atoms with Crippen molar-refractivity contribution in [3.8, 4) is 0 Å². The smallest absolute Gasteiger partial charge is 0.276 e. The summed E-state index contributed by atoms with van der Waals surface area (Å²) >= 11 is 1.49. The van der Waals surface area contributed by atoms with Crippen molar-refractivity contribution >= 4 is 28.5 Å². The van der Waals surface area contributed by atoms with Crippen LogP contribution in [0.15, 0.2) is 89.2 Å². The summed E-state index contributed by atoms with van der Waals surface area (Å²) < 4.78 is 0. The lowest BCUT2D eigenvalue weighted by Gasteiger charge is -2.33. The molecule has 6 nitrogen and oxygen atoms in total. The molecular weight excluding hydrogens is 382 g/mol. The summed E-state index contributed by atoms with van der Waals surface area (Å²) in [6.45, 7) is 0. The van der Waals surface area contributed by atoms with Gasteiger partial charge in [0.15, 0.2) is 11.3 Å². The summed E-state index contributed by atoms with van der Waals surface area (Å²) in [6, 6.07) is 21.6. The Balaban J connectivity index is 1.57. The number of amides is 1. The van der Waals surface area contributed by atoms with Crippen LogP contribution >= 0.6 is 11.8 Å². The molecule has 0 saturated heterocycles. The van der Waals surface area contributed by atoms with Gasteiger partial charge < -0.3 is 0 Å². The number of fused-ring (bicyclic) bond motifs is 2. The van der Waals surface area contributed by atoms with Crippen LogP contribution in [0.4, 0.5) is 0 Å². The number of amidine groups is 1. The maximum absolute atomic E-state index is 13.0. The number of thioether (sulfide) groups is 1. The van der Waals surface area contributed by atoms with E-state index in [2.05, 4.69) is 22.4 Å². The number of para-hydroxylation sites is 1. The number of hydrazone groups is 1. The second-order valence-corrected chi connectivity index (χ2v) is 7.60. The quantitative estimate of drug-likeness (QED) is 0.733. The third-order valence-corrected chi connectivity index (χ3v) is 5.65. The topological polar surface area (TPSA) is 70.0 Å². The molecule has 5 rings (SSSR count). The van der Waals surface area contributed by atoms with Crippen LogP contribution in [0.3, 0.4) is 0 Å². The van der Waals surface area contributed by atoms with Crippen molar-refractivity contribution in [1.29, 1.82) is 0 Å². The van der Waals surface area contributed by atoms with Gasteiger partial charge in [0.1, 0.15) is 5.70 Å². The number of benzene rings is 2.